The van der Waals surface area contributed by atoms with E-state index in [0.717, 1.165) is 38.5 Å². The molecule has 278 valence electrons. The van der Waals surface area contributed by atoms with E-state index in [0.29, 0.717) is 153 Å². The molecule has 0 spiro atoms. The molecule has 0 atom stereocenters. The van der Waals surface area contributed by atoms with Gasteiger partial charge >= 0.3 is 0 Å². The Morgan fingerprint density at radius 1 is 0.360 bits per heavy atom. The van der Waals surface area contributed by atoms with Gasteiger partial charge in [0.25, 0.3) is 0 Å². The highest BCUT2D eigenvalue weighted by Crippen LogP contribution is 2.31. The molecule has 0 aliphatic carbocycles. The molecule has 12 heteroatoms. The lowest BCUT2D eigenvalue weighted by Crippen LogP contribution is -2.13. The average molecular weight is 703 g/mol. The molecule has 2 aliphatic rings. The number of ketones is 2. The number of unbranched alkanes of at least 4 members (excludes halogenated alkanes) is 5. The summed E-state index contributed by atoms with van der Waals surface area (Å²) in [5, 5.41) is 0. The quantitative estimate of drug-likeness (QED) is 0.216. The van der Waals surface area contributed by atoms with Crippen molar-refractivity contribution in [1.29, 1.82) is 0 Å². The molecule has 0 N–H and O–H groups in total. The molecule has 12 nitrogen and oxygen atoms in total. The zero-order valence-electron chi connectivity index (χ0n) is 29.3. The van der Waals surface area contributed by atoms with E-state index >= 15 is 0 Å². The van der Waals surface area contributed by atoms with Gasteiger partial charge in [-0.25, -0.2) is 0 Å². The Hall–Kier alpha value is -3.26. The zero-order chi connectivity index (χ0) is 34.9. The van der Waals surface area contributed by atoms with Crippen molar-refractivity contribution in [2.24, 2.45) is 0 Å². The third-order valence-electron chi connectivity index (χ3n) is 8.02. The van der Waals surface area contributed by atoms with Crippen molar-refractivity contribution < 1.29 is 57.0 Å². The maximum Gasteiger partial charge on any atom is 0.163 e. The maximum atomic E-state index is 13.0. The summed E-state index contributed by atoms with van der Waals surface area (Å²) >= 11 is 0. The van der Waals surface area contributed by atoms with E-state index < -0.39 is 0 Å². The summed E-state index contributed by atoms with van der Waals surface area (Å²) in [5.74, 6) is 2.37. The minimum atomic E-state index is 0.0782. The second-order valence-corrected chi connectivity index (χ2v) is 11.9. The predicted molar refractivity (Wildman–Crippen MR) is 185 cm³/mol. The molecule has 2 heterocycles. The van der Waals surface area contributed by atoms with Crippen molar-refractivity contribution in [2.75, 3.05) is 106 Å². The molecule has 0 amide bonds. The molecule has 50 heavy (non-hydrogen) atoms. The summed E-state index contributed by atoms with van der Waals surface area (Å²) in [6.07, 6.45) is 6.47. The summed E-state index contributed by atoms with van der Waals surface area (Å²) in [6.45, 7) is 7.09. The Morgan fingerprint density at radius 3 is 0.980 bits per heavy atom. The van der Waals surface area contributed by atoms with Gasteiger partial charge in [0, 0.05) is 24.0 Å². The Kier molecular flexibility index (Phi) is 19.6. The molecule has 2 aliphatic heterocycles. The molecule has 0 fully saturated rings. The van der Waals surface area contributed by atoms with E-state index in [1.54, 1.807) is 36.4 Å². The molecule has 0 bridgehead atoms. The van der Waals surface area contributed by atoms with Crippen molar-refractivity contribution in [3.05, 3.63) is 47.5 Å². The van der Waals surface area contributed by atoms with Crippen molar-refractivity contribution in [1.82, 2.24) is 0 Å². The Bertz CT molecular complexity index is 1160. The highest BCUT2D eigenvalue weighted by atomic mass is 16.6. The van der Waals surface area contributed by atoms with Gasteiger partial charge in [0.05, 0.1) is 79.3 Å². The molecular weight excluding hydrogens is 648 g/mol. The lowest BCUT2D eigenvalue weighted by molar-refractivity contribution is 0.00708. The Balaban J connectivity index is 1.13. The van der Waals surface area contributed by atoms with Crippen LogP contribution in [0.4, 0.5) is 0 Å². The van der Waals surface area contributed by atoms with Crippen LogP contribution in [0, 0.1) is 0 Å². The first-order valence-electron chi connectivity index (χ1n) is 18.0. The lowest BCUT2D eigenvalue weighted by atomic mass is 10.0. The summed E-state index contributed by atoms with van der Waals surface area (Å²) in [5.41, 5.74) is 1.21. The summed E-state index contributed by atoms with van der Waals surface area (Å²) in [4.78, 5) is 25.9. The number of rotatable bonds is 11. The minimum Gasteiger partial charge on any atom is -0.487 e. The van der Waals surface area contributed by atoms with Gasteiger partial charge in [-0.15, -0.1) is 0 Å². The first-order chi connectivity index (χ1) is 24.7. The van der Waals surface area contributed by atoms with Crippen LogP contribution >= 0.6 is 0 Å². The van der Waals surface area contributed by atoms with Gasteiger partial charge in [0.15, 0.2) is 34.6 Å². The van der Waals surface area contributed by atoms with Gasteiger partial charge < -0.3 is 47.4 Å². The average Bonchev–Trinajstić information content (AvgIpc) is 3.15. The molecule has 0 radical (unpaired) electrons. The summed E-state index contributed by atoms with van der Waals surface area (Å²) < 4.78 is 56.6. The van der Waals surface area contributed by atoms with Crippen LogP contribution in [0.15, 0.2) is 36.4 Å². The number of benzene rings is 2. The highest BCUT2D eigenvalue weighted by Gasteiger charge is 2.14. The maximum absolute atomic E-state index is 13.0. The second-order valence-electron chi connectivity index (χ2n) is 11.9. The Labute approximate surface area is 295 Å². The van der Waals surface area contributed by atoms with Crippen LogP contribution in [-0.4, -0.2) is 117 Å². The van der Waals surface area contributed by atoms with Gasteiger partial charge in [-0.2, -0.15) is 0 Å². The van der Waals surface area contributed by atoms with E-state index in [9.17, 15) is 9.59 Å². The van der Waals surface area contributed by atoms with Gasteiger partial charge in [-0.3, -0.25) is 9.59 Å². The van der Waals surface area contributed by atoms with Crippen LogP contribution in [0.2, 0.25) is 0 Å². The van der Waals surface area contributed by atoms with Crippen LogP contribution < -0.4 is 18.9 Å². The Morgan fingerprint density at radius 2 is 0.640 bits per heavy atom. The van der Waals surface area contributed by atoms with Crippen molar-refractivity contribution in [2.45, 2.75) is 51.4 Å². The van der Waals surface area contributed by atoms with E-state index in [2.05, 4.69) is 0 Å². The number of ether oxygens (including phenoxy) is 10. The van der Waals surface area contributed by atoms with Crippen molar-refractivity contribution in [3.8, 4) is 23.0 Å². The number of carbonyl (C=O) groups is 2. The third-order valence-corrected chi connectivity index (χ3v) is 8.02. The van der Waals surface area contributed by atoms with Gasteiger partial charge in [-0.05, 0) is 49.2 Å². The van der Waals surface area contributed by atoms with E-state index in [1.165, 1.54) is 0 Å². The number of Topliss-reactive ketones (excluding diaryl/α,β-unsaturated/α-hetero) is 2. The van der Waals surface area contributed by atoms with Gasteiger partial charge in [-0.1, -0.05) is 25.7 Å². The molecular formula is C38H54O12. The highest BCUT2D eigenvalue weighted by molar-refractivity contribution is 5.97. The standard InChI is InChI=1S/C38H54O12/c39-33(31-9-11-35-37(29-31)49-27-23-45-19-15-41-13-17-43-21-25-47-35)7-5-3-1-2-4-6-8-34(40)32-10-12-36-38(30-32)50-28-24-46-20-16-42-14-18-44-22-26-48-36/h9-12,29-30H,1-8,13-28H2. The zero-order valence-corrected chi connectivity index (χ0v) is 29.3. The third kappa shape index (κ3) is 15.7. The first kappa shape index (κ1) is 39.5. The van der Waals surface area contributed by atoms with Crippen LogP contribution in [0.25, 0.3) is 0 Å². The number of fused-ring (bicyclic) bond motifs is 2. The summed E-state index contributed by atoms with van der Waals surface area (Å²) in [6, 6.07) is 10.7. The van der Waals surface area contributed by atoms with Crippen LogP contribution in [-0.2, 0) is 28.4 Å². The number of carbonyl (C=O) groups excluding carboxylic acids is 2. The smallest absolute Gasteiger partial charge is 0.163 e. The van der Waals surface area contributed by atoms with Gasteiger partial charge in [0.1, 0.15) is 26.4 Å². The second kappa shape index (κ2) is 24.8. The molecule has 0 saturated heterocycles. The van der Waals surface area contributed by atoms with E-state index in [4.69, 9.17) is 47.4 Å². The van der Waals surface area contributed by atoms with Crippen molar-refractivity contribution in [3.63, 3.8) is 0 Å². The number of hydrogen-bond donors (Lipinski definition) is 0. The molecule has 0 unspecified atom stereocenters. The largest absolute Gasteiger partial charge is 0.487 e. The van der Waals surface area contributed by atoms with Crippen molar-refractivity contribution >= 4 is 11.6 Å². The summed E-state index contributed by atoms with van der Waals surface area (Å²) in [7, 11) is 0. The van der Waals surface area contributed by atoms with Crippen LogP contribution in [0.5, 0.6) is 23.0 Å². The van der Waals surface area contributed by atoms with Crippen LogP contribution in [0.1, 0.15) is 72.1 Å². The van der Waals surface area contributed by atoms with E-state index in [1.807, 2.05) is 0 Å². The predicted octanol–water partition coefficient (Wildman–Crippen LogP) is 5.52. The van der Waals surface area contributed by atoms with E-state index in [-0.39, 0.29) is 11.6 Å². The molecule has 0 saturated carbocycles. The van der Waals surface area contributed by atoms with Crippen LogP contribution in [0.3, 0.4) is 0 Å². The molecule has 2 aromatic carbocycles. The molecule has 4 rings (SSSR count). The van der Waals surface area contributed by atoms with Gasteiger partial charge in [0.2, 0.25) is 0 Å². The molecule has 2 aromatic rings. The first-order valence-corrected chi connectivity index (χ1v) is 18.0. The minimum absolute atomic E-state index is 0.0782. The lowest BCUT2D eigenvalue weighted by Gasteiger charge is -2.14. The number of hydrogen-bond acceptors (Lipinski definition) is 12. The fourth-order valence-electron chi connectivity index (χ4n) is 5.32. The fourth-order valence-corrected chi connectivity index (χ4v) is 5.32. The monoisotopic (exact) mass is 702 g/mol. The normalized spacial score (nSPS) is 17.7. The topological polar surface area (TPSA) is 126 Å². The molecule has 0 aromatic heterocycles. The SMILES string of the molecule is O=C(CCCCCCCCC(=O)c1ccc2c(c1)OCCOCCOCCOCCO2)c1ccc2c(c1)OCCOCCOCCOCCO2. The fraction of sp³-hybridized carbons (Fsp3) is 0.632.